The van der Waals surface area contributed by atoms with Crippen LogP contribution in [0.3, 0.4) is 0 Å². The third-order valence-electron chi connectivity index (χ3n) is 5.33. The Balaban J connectivity index is 1.64. The summed E-state index contributed by atoms with van der Waals surface area (Å²) >= 11 is 11.8. The number of hydrogen-bond acceptors (Lipinski definition) is 1. The van der Waals surface area contributed by atoms with Crippen molar-refractivity contribution in [2.24, 2.45) is 4.99 Å². The highest BCUT2D eigenvalue weighted by Gasteiger charge is 2.28. The molecule has 1 aromatic heterocycles. The average Bonchev–Trinajstić information content (AvgIpc) is 3.13. The second-order valence-corrected chi connectivity index (χ2v) is 8.01. The lowest BCUT2D eigenvalue weighted by atomic mass is 9.92. The van der Waals surface area contributed by atoms with Gasteiger partial charge in [0.05, 0.1) is 22.5 Å². The molecule has 1 aliphatic rings. The standard InChI is InChI=1S/C24H17ClFN3S/c25-18-12-15(26)10-11-16(18)20-13-21(29-24(30)28-20)22-17-8-4-5-9-19(17)27-23(22)14-6-2-1-3-7-14/h1-12,21,27H,13H2,(H,29,30). The van der Waals surface area contributed by atoms with E-state index in [9.17, 15) is 4.39 Å². The molecule has 0 fully saturated rings. The van der Waals surface area contributed by atoms with Crippen molar-refractivity contribution in [2.45, 2.75) is 12.5 Å². The van der Waals surface area contributed by atoms with Gasteiger partial charge in [0.25, 0.3) is 0 Å². The van der Waals surface area contributed by atoms with Crippen LogP contribution in [0.1, 0.15) is 23.6 Å². The lowest BCUT2D eigenvalue weighted by Crippen LogP contribution is -2.33. The van der Waals surface area contributed by atoms with Crippen LogP contribution in [0, 0.1) is 5.82 Å². The number of hydrogen-bond donors (Lipinski definition) is 2. The van der Waals surface area contributed by atoms with Gasteiger partial charge in [0.2, 0.25) is 0 Å². The molecular weight excluding hydrogens is 417 g/mol. The number of aromatic nitrogens is 1. The molecule has 2 heterocycles. The molecule has 1 aliphatic heterocycles. The number of rotatable bonds is 3. The topological polar surface area (TPSA) is 40.2 Å². The van der Waals surface area contributed by atoms with E-state index in [1.807, 2.05) is 30.3 Å². The van der Waals surface area contributed by atoms with E-state index in [2.05, 4.69) is 39.6 Å². The first kappa shape index (κ1) is 19.0. The zero-order valence-electron chi connectivity index (χ0n) is 15.8. The Bertz CT molecular complexity index is 1300. The Hall–Kier alpha value is -3.02. The molecular formula is C24H17ClFN3S. The molecule has 0 amide bonds. The van der Waals surface area contributed by atoms with Gasteiger partial charge in [0.15, 0.2) is 5.11 Å². The van der Waals surface area contributed by atoms with Crippen LogP contribution in [0.25, 0.3) is 22.2 Å². The van der Waals surface area contributed by atoms with Crippen molar-refractivity contribution < 1.29 is 4.39 Å². The quantitative estimate of drug-likeness (QED) is 0.365. The maximum absolute atomic E-state index is 13.5. The van der Waals surface area contributed by atoms with Crippen LogP contribution in [0.5, 0.6) is 0 Å². The number of para-hydroxylation sites is 1. The molecule has 1 unspecified atom stereocenters. The van der Waals surface area contributed by atoms with Crippen LogP contribution in [0.4, 0.5) is 4.39 Å². The first-order chi connectivity index (χ1) is 14.6. The second-order valence-electron chi connectivity index (χ2n) is 7.21. The number of H-pyrrole nitrogens is 1. The fourth-order valence-corrected chi connectivity index (χ4v) is 4.55. The van der Waals surface area contributed by atoms with E-state index < -0.39 is 0 Å². The number of aliphatic imine (C=N–C) groups is 1. The summed E-state index contributed by atoms with van der Waals surface area (Å²) in [6, 6.07) is 22.7. The van der Waals surface area contributed by atoms with E-state index in [0.717, 1.165) is 33.4 Å². The summed E-state index contributed by atoms with van der Waals surface area (Å²) in [5.74, 6) is -0.375. The number of nitrogens with zero attached hydrogens (tertiary/aromatic N) is 1. The van der Waals surface area contributed by atoms with Gasteiger partial charge in [-0.3, -0.25) is 0 Å². The SMILES string of the molecule is Fc1ccc(C2=NC(=S)NC(c3c(-c4ccccc4)[nH]c4ccccc34)C2)c(Cl)c1. The van der Waals surface area contributed by atoms with Gasteiger partial charge >= 0.3 is 0 Å². The highest BCUT2D eigenvalue weighted by atomic mass is 35.5. The van der Waals surface area contributed by atoms with Gasteiger partial charge < -0.3 is 10.3 Å². The summed E-state index contributed by atoms with van der Waals surface area (Å²) in [6.45, 7) is 0. The van der Waals surface area contributed by atoms with Crippen LogP contribution in [-0.4, -0.2) is 15.8 Å². The Kier molecular flexibility index (Phi) is 4.85. The van der Waals surface area contributed by atoms with E-state index in [4.69, 9.17) is 23.8 Å². The van der Waals surface area contributed by atoms with Gasteiger partial charge in [-0.15, -0.1) is 0 Å². The zero-order valence-corrected chi connectivity index (χ0v) is 17.4. The summed E-state index contributed by atoms with van der Waals surface area (Å²) in [4.78, 5) is 8.07. The van der Waals surface area contributed by atoms with Crippen molar-refractivity contribution >= 4 is 45.5 Å². The predicted octanol–water partition coefficient (Wildman–Crippen LogP) is 6.44. The zero-order chi connectivity index (χ0) is 20.7. The Morgan fingerprint density at radius 2 is 1.77 bits per heavy atom. The van der Waals surface area contributed by atoms with E-state index >= 15 is 0 Å². The van der Waals surface area contributed by atoms with Crippen molar-refractivity contribution in [2.75, 3.05) is 0 Å². The highest BCUT2D eigenvalue weighted by molar-refractivity contribution is 7.80. The van der Waals surface area contributed by atoms with Crippen LogP contribution in [0.2, 0.25) is 5.02 Å². The van der Waals surface area contributed by atoms with E-state index in [1.165, 1.54) is 12.1 Å². The molecule has 0 aliphatic carbocycles. The molecule has 0 radical (unpaired) electrons. The molecule has 0 bridgehead atoms. The summed E-state index contributed by atoms with van der Waals surface area (Å²) in [7, 11) is 0. The molecule has 0 saturated heterocycles. The van der Waals surface area contributed by atoms with E-state index in [1.54, 1.807) is 6.07 Å². The Labute approximate surface area is 183 Å². The average molecular weight is 434 g/mol. The van der Waals surface area contributed by atoms with E-state index in [-0.39, 0.29) is 11.9 Å². The largest absolute Gasteiger partial charge is 0.354 e. The molecule has 6 heteroatoms. The lowest BCUT2D eigenvalue weighted by molar-refractivity contribution is 0.627. The fraction of sp³-hybridized carbons (Fsp3) is 0.0833. The number of halogens is 2. The van der Waals surface area contributed by atoms with Crippen molar-refractivity contribution in [1.29, 1.82) is 0 Å². The van der Waals surface area contributed by atoms with Crippen molar-refractivity contribution in [3.63, 3.8) is 0 Å². The lowest BCUT2D eigenvalue weighted by Gasteiger charge is -2.26. The summed E-state index contributed by atoms with van der Waals surface area (Å²) in [5, 5.41) is 5.21. The molecule has 1 atom stereocenters. The summed E-state index contributed by atoms with van der Waals surface area (Å²) in [6.07, 6.45) is 0.577. The van der Waals surface area contributed by atoms with Crippen LogP contribution in [0.15, 0.2) is 77.8 Å². The molecule has 0 spiro atoms. The van der Waals surface area contributed by atoms with Gasteiger partial charge in [-0.05, 0) is 42.0 Å². The minimum absolute atomic E-state index is 0.0996. The smallest absolute Gasteiger partial charge is 0.193 e. The van der Waals surface area contributed by atoms with Crippen LogP contribution < -0.4 is 5.32 Å². The predicted molar refractivity (Wildman–Crippen MR) is 125 cm³/mol. The third kappa shape index (κ3) is 3.40. The Morgan fingerprint density at radius 1 is 1.00 bits per heavy atom. The first-order valence-electron chi connectivity index (χ1n) is 9.59. The van der Waals surface area contributed by atoms with Crippen molar-refractivity contribution in [1.82, 2.24) is 10.3 Å². The Morgan fingerprint density at radius 3 is 2.57 bits per heavy atom. The van der Waals surface area contributed by atoms with Gasteiger partial charge in [-0.25, -0.2) is 9.38 Å². The van der Waals surface area contributed by atoms with Crippen molar-refractivity contribution in [3.05, 3.63) is 94.8 Å². The highest BCUT2D eigenvalue weighted by Crippen LogP contribution is 2.38. The second kappa shape index (κ2) is 7.67. The van der Waals surface area contributed by atoms with Crippen LogP contribution in [-0.2, 0) is 0 Å². The third-order valence-corrected chi connectivity index (χ3v) is 5.85. The molecule has 5 rings (SSSR count). The summed E-state index contributed by atoms with van der Waals surface area (Å²) < 4.78 is 13.5. The molecule has 4 aromatic rings. The van der Waals surface area contributed by atoms with Gasteiger partial charge in [-0.2, -0.15) is 0 Å². The molecule has 2 N–H and O–H groups in total. The maximum Gasteiger partial charge on any atom is 0.193 e. The van der Waals surface area contributed by atoms with Gasteiger partial charge in [-0.1, -0.05) is 60.1 Å². The molecule has 0 saturated carbocycles. The number of benzene rings is 3. The van der Waals surface area contributed by atoms with Gasteiger partial charge in [0, 0.05) is 28.5 Å². The minimum Gasteiger partial charge on any atom is -0.354 e. The van der Waals surface area contributed by atoms with Crippen LogP contribution >= 0.6 is 23.8 Å². The molecule has 3 nitrogen and oxygen atoms in total. The molecule has 30 heavy (non-hydrogen) atoms. The fourth-order valence-electron chi connectivity index (χ4n) is 4.02. The number of thiocarbonyl (C=S) groups is 1. The number of nitrogens with one attached hydrogen (secondary N) is 2. The number of aromatic amines is 1. The van der Waals surface area contributed by atoms with Crippen molar-refractivity contribution in [3.8, 4) is 11.3 Å². The van der Waals surface area contributed by atoms with Gasteiger partial charge in [0.1, 0.15) is 5.82 Å². The minimum atomic E-state index is -0.375. The first-order valence-corrected chi connectivity index (χ1v) is 10.4. The van der Waals surface area contributed by atoms with E-state index in [0.29, 0.717) is 22.1 Å². The summed E-state index contributed by atoms with van der Waals surface area (Å²) in [5.41, 5.74) is 5.78. The molecule has 148 valence electrons. The maximum atomic E-state index is 13.5. The molecule has 3 aromatic carbocycles. The normalized spacial score (nSPS) is 16.4. The number of fused-ring (bicyclic) bond motifs is 1. The monoisotopic (exact) mass is 433 g/mol.